The molecule has 0 bridgehead atoms. The first kappa shape index (κ1) is 29.0. The van der Waals surface area contributed by atoms with Crippen LogP contribution in [0.15, 0.2) is 33.5 Å². The molecule has 2 aliphatic heterocycles. The second-order valence-electron chi connectivity index (χ2n) is 10.5. The van der Waals surface area contributed by atoms with Gasteiger partial charge in [-0.2, -0.15) is 0 Å². The van der Waals surface area contributed by atoms with Crippen molar-refractivity contribution in [1.29, 1.82) is 0 Å². The first-order valence-electron chi connectivity index (χ1n) is 13.6. The van der Waals surface area contributed by atoms with E-state index in [2.05, 4.69) is 22.9 Å². The number of ether oxygens (including phenoxy) is 2. The molecular formula is C30H33ClFN3O6. The minimum absolute atomic E-state index is 0.0267. The predicted molar refractivity (Wildman–Crippen MR) is 154 cm³/mol. The van der Waals surface area contributed by atoms with Crippen molar-refractivity contribution in [1.82, 2.24) is 9.80 Å². The van der Waals surface area contributed by atoms with Crippen LogP contribution in [0.4, 0.5) is 10.1 Å². The summed E-state index contributed by atoms with van der Waals surface area (Å²) in [4.78, 5) is 44.5. The minimum Gasteiger partial charge on any atom is -0.462 e. The van der Waals surface area contributed by atoms with Gasteiger partial charge in [-0.15, -0.1) is 0 Å². The molecule has 0 aliphatic carbocycles. The van der Waals surface area contributed by atoms with Crippen molar-refractivity contribution in [3.63, 3.8) is 0 Å². The molecule has 0 N–H and O–H groups in total. The molecule has 2 aliphatic rings. The summed E-state index contributed by atoms with van der Waals surface area (Å²) < 4.78 is 31.3. The van der Waals surface area contributed by atoms with E-state index < -0.39 is 28.3 Å². The number of methoxy groups -OCH3 is 1. The number of piperazine rings is 1. The van der Waals surface area contributed by atoms with E-state index in [0.717, 1.165) is 41.8 Å². The van der Waals surface area contributed by atoms with Gasteiger partial charge in [-0.05, 0) is 57.1 Å². The summed E-state index contributed by atoms with van der Waals surface area (Å²) in [6, 6.07) is 6.79. The lowest BCUT2D eigenvalue weighted by atomic mass is 9.95. The largest absolute Gasteiger partial charge is 0.462 e. The Hall–Kier alpha value is -3.47. The van der Waals surface area contributed by atoms with Gasteiger partial charge in [0.25, 0.3) is 5.91 Å². The van der Waals surface area contributed by atoms with Crippen molar-refractivity contribution in [3.05, 3.63) is 73.3 Å². The number of amides is 1. The highest BCUT2D eigenvalue weighted by Gasteiger charge is 2.31. The Morgan fingerprint density at radius 2 is 1.88 bits per heavy atom. The summed E-state index contributed by atoms with van der Waals surface area (Å²) in [7, 11) is 3.79. The Kier molecular flexibility index (Phi) is 8.35. The van der Waals surface area contributed by atoms with Crippen LogP contribution in [0.1, 0.15) is 44.3 Å². The van der Waals surface area contributed by atoms with E-state index in [0.29, 0.717) is 24.2 Å². The summed E-state index contributed by atoms with van der Waals surface area (Å²) in [6.07, 6.45) is 0.405. The third-order valence-electron chi connectivity index (χ3n) is 8.06. The van der Waals surface area contributed by atoms with E-state index in [1.54, 1.807) is 14.0 Å². The molecule has 1 fully saturated rings. The average molecular weight is 586 g/mol. The van der Waals surface area contributed by atoms with Gasteiger partial charge < -0.3 is 23.7 Å². The number of aryl methyl sites for hydroxylation is 1. The highest BCUT2D eigenvalue weighted by molar-refractivity contribution is 6.34. The van der Waals surface area contributed by atoms with Crippen LogP contribution in [-0.4, -0.2) is 81.3 Å². The maximum Gasteiger partial charge on any atom is 0.341 e. The number of nitrogens with zero attached hydrogens (tertiary/aromatic N) is 3. The van der Waals surface area contributed by atoms with Gasteiger partial charge in [0.15, 0.2) is 5.82 Å². The van der Waals surface area contributed by atoms with Crippen LogP contribution in [0.25, 0.3) is 11.0 Å². The van der Waals surface area contributed by atoms with E-state index in [-0.39, 0.29) is 36.9 Å². The molecule has 5 rings (SSSR count). The van der Waals surface area contributed by atoms with Crippen LogP contribution in [0, 0.1) is 12.7 Å². The number of fused-ring (bicyclic) bond motifs is 3. The fourth-order valence-electron chi connectivity index (χ4n) is 5.76. The van der Waals surface area contributed by atoms with Crippen molar-refractivity contribution in [2.24, 2.45) is 0 Å². The van der Waals surface area contributed by atoms with Gasteiger partial charge in [0, 0.05) is 49.9 Å². The van der Waals surface area contributed by atoms with Gasteiger partial charge in [-0.3, -0.25) is 9.69 Å². The molecule has 0 saturated carbocycles. The molecule has 0 unspecified atom stereocenters. The second-order valence-corrected chi connectivity index (χ2v) is 10.8. The van der Waals surface area contributed by atoms with E-state index >= 15 is 4.39 Å². The summed E-state index contributed by atoms with van der Waals surface area (Å²) in [5.74, 6) is -2.40. The molecule has 11 heteroatoms. The zero-order valence-corrected chi connectivity index (χ0v) is 24.3. The summed E-state index contributed by atoms with van der Waals surface area (Å²) in [6.45, 7) is 7.10. The Balaban J connectivity index is 1.42. The smallest absolute Gasteiger partial charge is 0.341 e. The van der Waals surface area contributed by atoms with E-state index in [9.17, 15) is 14.4 Å². The Bertz CT molecular complexity index is 1570. The molecule has 2 aromatic carbocycles. The molecule has 0 radical (unpaired) electrons. The first-order chi connectivity index (χ1) is 19.7. The number of halogens is 2. The Morgan fingerprint density at radius 3 is 2.61 bits per heavy atom. The predicted octanol–water partition coefficient (Wildman–Crippen LogP) is 4.04. The maximum atomic E-state index is 15.1. The number of rotatable bonds is 6. The maximum absolute atomic E-state index is 15.1. The number of benzene rings is 2. The molecule has 1 saturated heterocycles. The normalized spacial score (nSPS) is 17.6. The fraction of sp³-hybridized carbons (Fsp3) is 0.433. The lowest BCUT2D eigenvalue weighted by molar-refractivity contribution is 0.0525. The Labute approximate surface area is 242 Å². The molecule has 3 aromatic rings. The van der Waals surface area contributed by atoms with Gasteiger partial charge in [-0.1, -0.05) is 11.6 Å². The van der Waals surface area contributed by atoms with Crippen molar-refractivity contribution in [2.75, 3.05) is 58.5 Å². The van der Waals surface area contributed by atoms with Crippen LogP contribution in [-0.2, 0) is 22.4 Å². The molecular weight excluding hydrogens is 553 g/mol. The third-order valence-corrected chi connectivity index (χ3v) is 8.43. The highest BCUT2D eigenvalue weighted by atomic mass is 35.5. The molecule has 1 aromatic heterocycles. The SMILES string of the molecule is CCOC(=O)c1ccc(C(=O)N2CCc3c(c(=O)oc4c(C)c(N5CCN(C)[C@@H](COC)C5)ccc34)C2)c(F)c1Cl. The van der Waals surface area contributed by atoms with Gasteiger partial charge in [0.2, 0.25) is 0 Å². The molecule has 218 valence electrons. The zero-order chi connectivity index (χ0) is 29.4. The second kappa shape index (κ2) is 11.8. The highest BCUT2D eigenvalue weighted by Crippen LogP contribution is 2.34. The summed E-state index contributed by atoms with van der Waals surface area (Å²) in [5.41, 5.74) is 2.70. The van der Waals surface area contributed by atoms with E-state index in [1.165, 1.54) is 17.0 Å². The lowest BCUT2D eigenvalue weighted by Gasteiger charge is -2.41. The number of hydrogen-bond donors (Lipinski definition) is 0. The van der Waals surface area contributed by atoms with Gasteiger partial charge in [0.1, 0.15) is 5.58 Å². The number of anilines is 1. The number of likely N-dealkylation sites (N-methyl/N-ethyl adjacent to an activating group) is 1. The zero-order valence-electron chi connectivity index (χ0n) is 23.6. The van der Waals surface area contributed by atoms with Gasteiger partial charge >= 0.3 is 11.6 Å². The van der Waals surface area contributed by atoms with E-state index in [1.807, 2.05) is 13.0 Å². The lowest BCUT2D eigenvalue weighted by Crippen LogP contribution is -2.53. The molecule has 0 spiro atoms. The topological polar surface area (TPSA) is 92.5 Å². The van der Waals surface area contributed by atoms with Crippen molar-refractivity contribution < 1.29 is 27.9 Å². The molecule has 1 amide bonds. The fourth-order valence-corrected chi connectivity index (χ4v) is 6.00. The van der Waals surface area contributed by atoms with Crippen LogP contribution in [0.3, 0.4) is 0 Å². The number of hydrogen-bond acceptors (Lipinski definition) is 8. The number of carbonyl (C=O) groups is 2. The quantitative estimate of drug-likeness (QED) is 0.316. The molecule has 3 heterocycles. The van der Waals surface area contributed by atoms with Gasteiger partial charge in [-0.25, -0.2) is 14.0 Å². The monoisotopic (exact) mass is 585 g/mol. The minimum atomic E-state index is -1.00. The van der Waals surface area contributed by atoms with E-state index in [4.69, 9.17) is 25.5 Å². The van der Waals surface area contributed by atoms with Crippen molar-refractivity contribution in [2.45, 2.75) is 32.9 Å². The number of esters is 1. The summed E-state index contributed by atoms with van der Waals surface area (Å²) >= 11 is 6.07. The van der Waals surface area contributed by atoms with Crippen LogP contribution >= 0.6 is 11.6 Å². The molecule has 1 atom stereocenters. The first-order valence-corrected chi connectivity index (χ1v) is 14.0. The Morgan fingerprint density at radius 1 is 1.12 bits per heavy atom. The average Bonchev–Trinajstić information content (AvgIpc) is 2.96. The van der Waals surface area contributed by atoms with Crippen LogP contribution in [0.2, 0.25) is 5.02 Å². The molecule has 41 heavy (non-hydrogen) atoms. The van der Waals surface area contributed by atoms with Crippen molar-refractivity contribution >= 4 is 40.1 Å². The van der Waals surface area contributed by atoms with Crippen LogP contribution in [0.5, 0.6) is 0 Å². The standard InChI is InChI=1S/C30H33ClFN3O6/c1-5-40-29(37)21-6-7-22(26(32)25(21)31)28(36)35-11-10-19-20-8-9-24(17(2)27(20)41-30(38)23(19)15-35)34-13-12-33(3)18(14-34)16-39-4/h6-9,18H,5,10-16H2,1-4H3/t18-/m1/s1. The summed E-state index contributed by atoms with van der Waals surface area (Å²) in [5, 5.41) is 0.362. The van der Waals surface area contributed by atoms with Crippen LogP contribution < -0.4 is 10.5 Å². The van der Waals surface area contributed by atoms with Crippen molar-refractivity contribution in [3.8, 4) is 0 Å². The van der Waals surface area contributed by atoms with Gasteiger partial charge in [0.05, 0.1) is 47.5 Å². The number of carbonyl (C=O) groups excluding carboxylic acids is 2. The molecule has 9 nitrogen and oxygen atoms in total. The third kappa shape index (κ3) is 5.31.